The van der Waals surface area contributed by atoms with Crippen molar-refractivity contribution in [3.05, 3.63) is 47.2 Å². The molecular weight excluding hydrogens is 451 g/mol. The third kappa shape index (κ3) is 4.95. The number of aromatic nitrogens is 1. The van der Waals surface area contributed by atoms with Gasteiger partial charge in [-0.15, -0.1) is 0 Å². The predicted molar refractivity (Wildman–Crippen MR) is 142 cm³/mol. The van der Waals surface area contributed by atoms with Crippen molar-refractivity contribution in [3.63, 3.8) is 0 Å². The van der Waals surface area contributed by atoms with Gasteiger partial charge in [0, 0.05) is 43.5 Å². The Morgan fingerprint density at radius 3 is 2.64 bits per heavy atom. The number of hydrogen-bond donors (Lipinski definition) is 0. The van der Waals surface area contributed by atoms with Gasteiger partial charge in [-0.25, -0.2) is 0 Å². The number of nitrogens with zero attached hydrogens (tertiary/aromatic N) is 4. The highest BCUT2D eigenvalue weighted by atomic mass is 19.1. The van der Waals surface area contributed by atoms with E-state index < -0.39 is 5.83 Å². The summed E-state index contributed by atoms with van der Waals surface area (Å²) in [5, 5.41) is 0. The zero-order chi connectivity index (χ0) is 25.2. The SMILES string of the molecule is CC(C)N(C)C(=O)C1=C(N2CC(C3CCC(N4CCCCC4)CC3)c3ccncc32)CC#CC(F)=C1. The monoisotopic (exact) mass is 490 g/mol. The van der Waals surface area contributed by atoms with Crippen LogP contribution >= 0.6 is 0 Å². The number of piperidine rings is 1. The van der Waals surface area contributed by atoms with Crippen LogP contribution in [0.4, 0.5) is 10.1 Å². The van der Waals surface area contributed by atoms with Crippen LogP contribution in [-0.2, 0) is 4.79 Å². The number of anilines is 1. The fourth-order valence-electron chi connectivity index (χ4n) is 6.54. The molecule has 0 radical (unpaired) electrons. The first-order valence-corrected chi connectivity index (χ1v) is 13.8. The molecule has 0 aromatic carbocycles. The molecule has 4 aliphatic rings. The topological polar surface area (TPSA) is 39.7 Å². The van der Waals surface area contributed by atoms with Crippen molar-refractivity contribution in [3.8, 4) is 11.8 Å². The lowest BCUT2D eigenvalue weighted by atomic mass is 9.76. The largest absolute Gasteiger partial charge is 0.341 e. The molecule has 5 nitrogen and oxygen atoms in total. The van der Waals surface area contributed by atoms with Gasteiger partial charge in [0.05, 0.1) is 23.9 Å². The van der Waals surface area contributed by atoms with Crippen LogP contribution in [0.1, 0.15) is 76.7 Å². The normalized spacial score (nSPS) is 26.8. The van der Waals surface area contributed by atoms with Crippen molar-refractivity contribution in [2.24, 2.45) is 5.92 Å². The Kier molecular flexibility index (Phi) is 7.48. The molecule has 1 saturated heterocycles. The molecule has 192 valence electrons. The van der Waals surface area contributed by atoms with Gasteiger partial charge in [0.2, 0.25) is 0 Å². The number of likely N-dealkylation sites (N-methyl/N-ethyl adjacent to an activating group) is 1. The number of halogens is 1. The van der Waals surface area contributed by atoms with E-state index in [-0.39, 0.29) is 11.9 Å². The number of pyridine rings is 1. The lowest BCUT2D eigenvalue weighted by Crippen LogP contribution is -2.42. The Morgan fingerprint density at radius 1 is 1.17 bits per heavy atom. The summed E-state index contributed by atoms with van der Waals surface area (Å²) in [4.78, 5) is 24.5. The van der Waals surface area contributed by atoms with E-state index in [2.05, 4.69) is 32.7 Å². The standard InChI is InChI=1S/C30H39FN4O/c1-21(2)33(3)30(36)26-18-23(31)8-7-9-28(26)35-20-27(25-14-15-32-19-29(25)35)22-10-12-24(13-11-22)34-16-5-4-6-17-34/h14-15,18-19,21-22,24,27H,4-6,9-13,16-17,20H2,1-3H3. The number of carbonyl (C=O) groups is 1. The average molecular weight is 491 g/mol. The minimum absolute atomic E-state index is 0.0160. The molecule has 6 heteroatoms. The second-order valence-corrected chi connectivity index (χ2v) is 11.2. The summed E-state index contributed by atoms with van der Waals surface area (Å²) in [5.41, 5.74) is 3.55. The maximum absolute atomic E-state index is 14.5. The molecule has 1 amide bonds. The van der Waals surface area contributed by atoms with E-state index in [9.17, 15) is 9.18 Å². The Balaban J connectivity index is 1.41. The number of rotatable bonds is 5. The Labute approximate surface area is 215 Å². The summed E-state index contributed by atoms with van der Waals surface area (Å²) < 4.78 is 14.5. The van der Waals surface area contributed by atoms with Crippen LogP contribution < -0.4 is 4.90 Å². The van der Waals surface area contributed by atoms with E-state index in [4.69, 9.17) is 0 Å². The lowest BCUT2D eigenvalue weighted by Gasteiger charge is -2.40. The molecule has 1 aromatic rings. The Hall–Kier alpha value is -2.65. The smallest absolute Gasteiger partial charge is 0.255 e. The molecule has 1 saturated carbocycles. The molecule has 0 bridgehead atoms. The van der Waals surface area contributed by atoms with Gasteiger partial charge in [0.25, 0.3) is 5.91 Å². The third-order valence-electron chi connectivity index (χ3n) is 8.82. The highest BCUT2D eigenvalue weighted by Crippen LogP contribution is 2.47. The van der Waals surface area contributed by atoms with Gasteiger partial charge in [-0.3, -0.25) is 9.78 Å². The Bertz CT molecular complexity index is 1100. The fraction of sp³-hybridized carbons (Fsp3) is 0.600. The molecular formula is C30H39FN4O. The Morgan fingerprint density at radius 2 is 1.92 bits per heavy atom. The van der Waals surface area contributed by atoms with E-state index in [0.29, 0.717) is 23.8 Å². The van der Waals surface area contributed by atoms with Gasteiger partial charge in [-0.2, -0.15) is 4.39 Å². The first-order valence-electron chi connectivity index (χ1n) is 13.8. The number of likely N-dealkylation sites (tertiary alicyclic amines) is 1. The van der Waals surface area contributed by atoms with Gasteiger partial charge in [0.15, 0.2) is 5.83 Å². The van der Waals surface area contributed by atoms with Crippen molar-refractivity contribution in [1.82, 2.24) is 14.8 Å². The van der Waals surface area contributed by atoms with E-state index in [1.54, 1.807) is 11.9 Å². The molecule has 36 heavy (non-hydrogen) atoms. The van der Waals surface area contributed by atoms with E-state index in [0.717, 1.165) is 24.0 Å². The molecule has 2 aliphatic heterocycles. The van der Waals surface area contributed by atoms with Crippen LogP contribution in [0, 0.1) is 17.8 Å². The van der Waals surface area contributed by atoms with Crippen molar-refractivity contribution in [2.45, 2.75) is 83.2 Å². The van der Waals surface area contributed by atoms with Crippen LogP contribution in [0.25, 0.3) is 0 Å². The van der Waals surface area contributed by atoms with Crippen LogP contribution in [0.5, 0.6) is 0 Å². The lowest BCUT2D eigenvalue weighted by molar-refractivity contribution is -0.127. The molecule has 2 aliphatic carbocycles. The van der Waals surface area contributed by atoms with Crippen molar-refractivity contribution < 1.29 is 9.18 Å². The highest BCUT2D eigenvalue weighted by Gasteiger charge is 2.39. The van der Waals surface area contributed by atoms with Crippen molar-refractivity contribution in [1.29, 1.82) is 0 Å². The molecule has 5 rings (SSSR count). The third-order valence-corrected chi connectivity index (χ3v) is 8.82. The zero-order valence-electron chi connectivity index (χ0n) is 22.0. The minimum Gasteiger partial charge on any atom is -0.341 e. The minimum atomic E-state index is -0.552. The maximum atomic E-state index is 14.5. The molecule has 3 heterocycles. The second-order valence-electron chi connectivity index (χ2n) is 11.2. The summed E-state index contributed by atoms with van der Waals surface area (Å²) in [7, 11) is 1.78. The van der Waals surface area contributed by atoms with Crippen molar-refractivity contribution in [2.75, 3.05) is 31.6 Å². The summed E-state index contributed by atoms with van der Waals surface area (Å²) in [6, 6.07) is 2.90. The predicted octanol–water partition coefficient (Wildman–Crippen LogP) is 5.41. The first-order chi connectivity index (χ1) is 17.4. The van der Waals surface area contributed by atoms with Crippen LogP contribution in [-0.4, -0.2) is 59.5 Å². The maximum Gasteiger partial charge on any atom is 0.255 e. The van der Waals surface area contributed by atoms with Gasteiger partial charge < -0.3 is 14.7 Å². The van der Waals surface area contributed by atoms with Crippen LogP contribution in [0.3, 0.4) is 0 Å². The zero-order valence-corrected chi connectivity index (χ0v) is 22.0. The average Bonchev–Trinajstić information content (AvgIpc) is 3.18. The molecule has 1 atom stereocenters. The van der Waals surface area contributed by atoms with E-state index >= 15 is 0 Å². The molecule has 0 spiro atoms. The number of hydrogen-bond acceptors (Lipinski definition) is 4. The van der Waals surface area contributed by atoms with Crippen LogP contribution in [0.15, 0.2) is 41.6 Å². The van der Waals surface area contributed by atoms with Gasteiger partial charge >= 0.3 is 0 Å². The number of fused-ring (bicyclic) bond motifs is 1. The van der Waals surface area contributed by atoms with E-state index in [1.165, 1.54) is 69.7 Å². The first kappa shape index (κ1) is 25.0. The summed E-state index contributed by atoms with van der Waals surface area (Å²) in [5.74, 6) is 5.80. The summed E-state index contributed by atoms with van der Waals surface area (Å²) in [6.45, 7) is 7.27. The van der Waals surface area contributed by atoms with Crippen molar-refractivity contribution >= 4 is 11.6 Å². The molecule has 0 N–H and O–H groups in total. The second kappa shape index (κ2) is 10.8. The van der Waals surface area contributed by atoms with Crippen LogP contribution in [0.2, 0.25) is 0 Å². The highest BCUT2D eigenvalue weighted by molar-refractivity contribution is 5.98. The number of carbonyl (C=O) groups excluding carboxylic acids is 1. The molecule has 1 aromatic heterocycles. The molecule has 1 unspecified atom stereocenters. The quantitative estimate of drug-likeness (QED) is 0.518. The molecule has 2 fully saturated rings. The van der Waals surface area contributed by atoms with E-state index in [1.807, 2.05) is 26.2 Å². The fourth-order valence-corrected chi connectivity index (χ4v) is 6.54. The summed E-state index contributed by atoms with van der Waals surface area (Å²) in [6.07, 6.45) is 14.6. The van der Waals surface area contributed by atoms with Gasteiger partial charge in [-0.05, 0) is 95.0 Å². The number of allylic oxidation sites excluding steroid dienone is 2. The number of amides is 1. The van der Waals surface area contributed by atoms with Gasteiger partial charge in [-0.1, -0.05) is 12.3 Å². The summed E-state index contributed by atoms with van der Waals surface area (Å²) >= 11 is 0. The van der Waals surface area contributed by atoms with Gasteiger partial charge in [0.1, 0.15) is 0 Å².